The van der Waals surface area contributed by atoms with Crippen LogP contribution in [0, 0.1) is 18.7 Å². The number of carbonyl (C=O) groups is 1. The highest BCUT2D eigenvalue weighted by Gasteiger charge is 2.53. The van der Waals surface area contributed by atoms with Crippen LogP contribution in [-0.4, -0.2) is 34.7 Å². The number of nitrogens with one attached hydrogen (secondary N) is 1. The minimum absolute atomic E-state index is 0.201. The highest BCUT2D eigenvalue weighted by atomic mass is 19.1. The lowest BCUT2D eigenvalue weighted by atomic mass is 9.74. The van der Waals surface area contributed by atoms with E-state index in [0.717, 1.165) is 61.7 Å². The van der Waals surface area contributed by atoms with Crippen LogP contribution in [0.5, 0.6) is 5.75 Å². The molecule has 3 aliphatic heterocycles. The zero-order valence-electron chi connectivity index (χ0n) is 19.0. The first-order valence-electron chi connectivity index (χ1n) is 12.1. The number of aryl methyl sites for hydroxylation is 1. The topological polar surface area (TPSA) is 54.6 Å². The number of aromatic amines is 1. The Morgan fingerprint density at radius 2 is 2.06 bits per heavy atom. The van der Waals surface area contributed by atoms with E-state index in [1.54, 1.807) is 0 Å². The van der Waals surface area contributed by atoms with Crippen molar-refractivity contribution >= 4 is 16.9 Å². The fourth-order valence-electron chi connectivity index (χ4n) is 6.31. The molecular weight excluding hydrogens is 419 g/mol. The van der Waals surface area contributed by atoms with Gasteiger partial charge in [-0.05, 0) is 44.6 Å². The maximum atomic E-state index is 15.3. The van der Waals surface area contributed by atoms with Gasteiger partial charge in [-0.2, -0.15) is 0 Å². The van der Waals surface area contributed by atoms with Gasteiger partial charge in [0.15, 0.2) is 17.3 Å². The monoisotopic (exact) mass is 448 g/mol. The first-order valence-corrected chi connectivity index (χ1v) is 12.1. The molecule has 4 heterocycles. The number of halogens is 1. The maximum absolute atomic E-state index is 15.3. The van der Waals surface area contributed by atoms with Gasteiger partial charge in [-0.3, -0.25) is 4.90 Å². The van der Waals surface area contributed by atoms with Crippen LogP contribution in [0.25, 0.3) is 10.9 Å². The second-order valence-electron chi connectivity index (χ2n) is 9.71. The average molecular weight is 449 g/mol. The zero-order chi connectivity index (χ0) is 22.6. The second-order valence-corrected chi connectivity index (χ2v) is 9.71. The molecule has 0 saturated carbocycles. The van der Waals surface area contributed by atoms with Crippen LogP contribution >= 0.6 is 0 Å². The number of fused-ring (bicyclic) bond motifs is 3. The van der Waals surface area contributed by atoms with Crippen molar-refractivity contribution in [3.63, 3.8) is 0 Å². The van der Waals surface area contributed by atoms with Gasteiger partial charge >= 0.3 is 5.97 Å². The Morgan fingerprint density at radius 3 is 2.91 bits per heavy atom. The summed E-state index contributed by atoms with van der Waals surface area (Å²) in [6, 6.07) is 11.1. The molecule has 3 aliphatic rings. The summed E-state index contributed by atoms with van der Waals surface area (Å²) < 4.78 is 27.6. The molecule has 6 rings (SSSR count). The third-order valence-corrected chi connectivity index (χ3v) is 7.79. The van der Waals surface area contributed by atoms with Crippen LogP contribution in [0.1, 0.15) is 59.3 Å². The molecule has 2 unspecified atom stereocenters. The molecule has 2 fully saturated rings. The third-order valence-electron chi connectivity index (χ3n) is 7.79. The highest BCUT2D eigenvalue weighted by Crippen LogP contribution is 2.51. The van der Waals surface area contributed by atoms with Crippen molar-refractivity contribution in [2.45, 2.75) is 57.8 Å². The van der Waals surface area contributed by atoms with E-state index in [9.17, 15) is 4.79 Å². The van der Waals surface area contributed by atoms with Gasteiger partial charge in [0.25, 0.3) is 0 Å². The maximum Gasteiger partial charge on any atom is 0.340 e. The summed E-state index contributed by atoms with van der Waals surface area (Å²) in [5.74, 6) is -0.123. The zero-order valence-corrected chi connectivity index (χ0v) is 19.0. The number of hydrogen-bond acceptors (Lipinski definition) is 4. The molecule has 6 heteroatoms. The van der Waals surface area contributed by atoms with E-state index in [1.165, 1.54) is 12.5 Å². The van der Waals surface area contributed by atoms with Crippen LogP contribution in [0.2, 0.25) is 0 Å². The summed E-state index contributed by atoms with van der Waals surface area (Å²) in [5, 5.41) is 0.754. The van der Waals surface area contributed by atoms with Crippen LogP contribution in [0.3, 0.4) is 0 Å². The van der Waals surface area contributed by atoms with Gasteiger partial charge in [-0.15, -0.1) is 0 Å². The highest BCUT2D eigenvalue weighted by molar-refractivity contribution is 6.07. The van der Waals surface area contributed by atoms with Crippen molar-refractivity contribution in [1.29, 1.82) is 0 Å². The van der Waals surface area contributed by atoms with E-state index >= 15 is 4.39 Å². The number of ether oxygens (including phenoxy) is 2. The fourth-order valence-corrected chi connectivity index (χ4v) is 6.31. The molecule has 2 atom stereocenters. The summed E-state index contributed by atoms with van der Waals surface area (Å²) in [4.78, 5) is 18.9. The van der Waals surface area contributed by atoms with E-state index < -0.39 is 5.72 Å². The molecule has 0 bridgehead atoms. The van der Waals surface area contributed by atoms with Gasteiger partial charge in [-0.1, -0.05) is 30.3 Å². The van der Waals surface area contributed by atoms with Crippen molar-refractivity contribution in [1.82, 2.24) is 9.88 Å². The number of benzene rings is 2. The lowest BCUT2D eigenvalue weighted by Gasteiger charge is -2.56. The molecule has 3 aromatic rings. The summed E-state index contributed by atoms with van der Waals surface area (Å²) in [5.41, 5.74) is 3.15. The Balaban J connectivity index is 1.41. The molecule has 33 heavy (non-hydrogen) atoms. The number of aromatic nitrogens is 1. The molecule has 1 aromatic heterocycles. The number of nitrogens with zero attached hydrogens (tertiary/aromatic N) is 1. The SMILES string of the molecule is Cc1[nH]c2cc(F)c3c(c2c1C(=O)OCc1ccccc1)CC1CCCN2CCCCC12O3. The molecule has 2 aromatic carbocycles. The van der Waals surface area contributed by atoms with Crippen molar-refractivity contribution in [2.75, 3.05) is 13.1 Å². The third kappa shape index (κ3) is 3.26. The summed E-state index contributed by atoms with van der Waals surface area (Å²) in [6.07, 6.45) is 6.11. The standard InChI is InChI=1S/C27H29FN2O3/c1-17-23(26(31)32-16-18-8-3-2-4-9-18)24-20-14-19-10-7-13-30-12-6-5-11-27(19,30)33-25(20)21(28)15-22(24)29-17/h2-4,8-9,15,19,29H,5-7,10-14,16H2,1H3. The minimum atomic E-state index is -0.405. The first kappa shape index (κ1) is 20.7. The smallest absolute Gasteiger partial charge is 0.340 e. The molecule has 1 spiro atoms. The number of esters is 1. The van der Waals surface area contributed by atoms with Gasteiger partial charge < -0.3 is 14.5 Å². The molecular formula is C27H29FN2O3. The number of carbonyl (C=O) groups excluding carboxylic acids is 1. The van der Waals surface area contributed by atoms with E-state index in [-0.39, 0.29) is 18.4 Å². The molecule has 2 saturated heterocycles. The number of H-pyrrole nitrogens is 1. The number of piperidine rings is 2. The van der Waals surface area contributed by atoms with Crippen LogP contribution in [0.15, 0.2) is 36.4 Å². The summed E-state index contributed by atoms with van der Waals surface area (Å²) >= 11 is 0. The summed E-state index contributed by atoms with van der Waals surface area (Å²) in [7, 11) is 0. The summed E-state index contributed by atoms with van der Waals surface area (Å²) in [6.45, 7) is 4.07. The van der Waals surface area contributed by atoms with E-state index in [1.807, 2.05) is 37.3 Å². The van der Waals surface area contributed by atoms with Crippen LogP contribution < -0.4 is 4.74 Å². The normalized spacial score (nSPS) is 24.5. The molecule has 0 amide bonds. The molecule has 172 valence electrons. The minimum Gasteiger partial charge on any atom is -0.469 e. The van der Waals surface area contributed by atoms with E-state index in [4.69, 9.17) is 9.47 Å². The Morgan fingerprint density at radius 1 is 1.24 bits per heavy atom. The van der Waals surface area contributed by atoms with Gasteiger partial charge in [0.2, 0.25) is 0 Å². The largest absolute Gasteiger partial charge is 0.469 e. The Kier molecular flexibility index (Phi) is 4.94. The first-order chi connectivity index (χ1) is 16.1. The van der Waals surface area contributed by atoms with Gasteiger partial charge in [0, 0.05) is 53.7 Å². The number of rotatable bonds is 3. The Bertz CT molecular complexity index is 1220. The van der Waals surface area contributed by atoms with Gasteiger partial charge in [0.1, 0.15) is 6.61 Å². The molecule has 5 nitrogen and oxygen atoms in total. The lowest BCUT2D eigenvalue weighted by Crippen LogP contribution is -2.64. The molecule has 0 radical (unpaired) electrons. The quantitative estimate of drug-likeness (QED) is 0.538. The van der Waals surface area contributed by atoms with Gasteiger partial charge in [-0.25, -0.2) is 9.18 Å². The lowest BCUT2D eigenvalue weighted by molar-refractivity contribution is -0.178. The van der Waals surface area contributed by atoms with Crippen molar-refractivity contribution in [3.05, 3.63) is 64.6 Å². The van der Waals surface area contributed by atoms with E-state index in [0.29, 0.717) is 28.4 Å². The second kappa shape index (κ2) is 7.87. The fraction of sp³-hybridized carbons (Fsp3) is 0.444. The van der Waals surface area contributed by atoms with Crippen molar-refractivity contribution < 1.29 is 18.7 Å². The number of hydrogen-bond donors (Lipinski definition) is 1. The van der Waals surface area contributed by atoms with E-state index in [2.05, 4.69) is 9.88 Å². The molecule has 0 aliphatic carbocycles. The Labute approximate surface area is 192 Å². The van der Waals surface area contributed by atoms with Crippen LogP contribution in [-0.2, 0) is 17.8 Å². The predicted molar refractivity (Wildman–Crippen MR) is 124 cm³/mol. The van der Waals surface area contributed by atoms with Crippen molar-refractivity contribution in [3.8, 4) is 5.75 Å². The Hall–Kier alpha value is -2.86. The molecule has 1 N–H and O–H groups in total. The average Bonchev–Trinajstić information content (AvgIpc) is 3.16. The van der Waals surface area contributed by atoms with Crippen LogP contribution in [0.4, 0.5) is 4.39 Å². The predicted octanol–water partition coefficient (Wildman–Crippen LogP) is 5.50. The van der Waals surface area contributed by atoms with Gasteiger partial charge in [0.05, 0.1) is 5.56 Å². The van der Waals surface area contributed by atoms with Crippen molar-refractivity contribution in [2.24, 2.45) is 5.92 Å².